The third-order valence-corrected chi connectivity index (χ3v) is 5.54. The van der Waals surface area contributed by atoms with E-state index >= 15 is 0 Å². The van der Waals surface area contributed by atoms with E-state index in [1.807, 2.05) is 46.1 Å². The van der Waals surface area contributed by atoms with E-state index in [0.717, 1.165) is 43.3 Å². The summed E-state index contributed by atoms with van der Waals surface area (Å²) in [4.78, 5) is 18.5. The normalized spacial score (nSPS) is 14.1. The van der Waals surface area contributed by atoms with Gasteiger partial charge in [0.15, 0.2) is 5.96 Å². The van der Waals surface area contributed by atoms with Gasteiger partial charge >= 0.3 is 0 Å². The highest BCUT2D eigenvalue weighted by Gasteiger charge is 2.21. The Bertz CT molecular complexity index is 1040. The van der Waals surface area contributed by atoms with Crippen molar-refractivity contribution < 1.29 is 4.79 Å². The van der Waals surface area contributed by atoms with E-state index < -0.39 is 0 Å². The Morgan fingerprint density at radius 2 is 1.88 bits per heavy atom. The number of anilines is 1. The van der Waals surface area contributed by atoms with E-state index in [2.05, 4.69) is 46.9 Å². The van der Waals surface area contributed by atoms with Crippen molar-refractivity contribution in [2.45, 2.75) is 39.4 Å². The van der Waals surface area contributed by atoms with Crippen LogP contribution < -0.4 is 15.5 Å². The van der Waals surface area contributed by atoms with Gasteiger partial charge in [0, 0.05) is 44.1 Å². The SMILES string of the molecule is CCNC(=NCc1ccc(N2CCCC2=O)cc1)NCc1ccccc1Cn1cccn1. The first-order valence-electron chi connectivity index (χ1n) is 11.2. The van der Waals surface area contributed by atoms with E-state index in [-0.39, 0.29) is 5.91 Å². The van der Waals surface area contributed by atoms with Crippen LogP contribution in [0.2, 0.25) is 0 Å². The Morgan fingerprint density at radius 3 is 2.56 bits per heavy atom. The summed E-state index contributed by atoms with van der Waals surface area (Å²) in [5.74, 6) is 0.988. The van der Waals surface area contributed by atoms with Crippen molar-refractivity contribution in [2.75, 3.05) is 18.0 Å². The standard InChI is InChI=1S/C25H30N6O/c1-2-26-25(27-17-20-10-12-23(13-11-20)31-16-5-9-24(31)32)28-18-21-7-3-4-8-22(21)19-30-15-6-14-29-30/h3-4,6-8,10-15H,2,5,9,16-19H2,1H3,(H2,26,27,28). The molecule has 2 aromatic carbocycles. The highest BCUT2D eigenvalue weighted by molar-refractivity contribution is 5.95. The van der Waals surface area contributed by atoms with Crippen molar-refractivity contribution in [3.05, 3.63) is 83.7 Å². The van der Waals surface area contributed by atoms with Crippen LogP contribution in [0.25, 0.3) is 0 Å². The minimum atomic E-state index is 0.210. The van der Waals surface area contributed by atoms with Crippen molar-refractivity contribution in [1.29, 1.82) is 0 Å². The van der Waals surface area contributed by atoms with E-state index in [4.69, 9.17) is 4.99 Å². The molecule has 0 aliphatic carbocycles. The summed E-state index contributed by atoms with van der Waals surface area (Å²) in [5, 5.41) is 11.1. The number of nitrogens with one attached hydrogen (secondary N) is 2. The van der Waals surface area contributed by atoms with E-state index in [9.17, 15) is 4.79 Å². The number of carbonyl (C=O) groups excluding carboxylic acids is 1. The highest BCUT2D eigenvalue weighted by atomic mass is 16.2. The molecular formula is C25H30N6O. The number of rotatable bonds is 8. The topological polar surface area (TPSA) is 74.6 Å². The lowest BCUT2D eigenvalue weighted by molar-refractivity contribution is -0.117. The Hall–Kier alpha value is -3.61. The molecule has 0 saturated carbocycles. The predicted octanol–water partition coefficient (Wildman–Crippen LogP) is 3.31. The fourth-order valence-electron chi connectivity index (χ4n) is 3.85. The van der Waals surface area contributed by atoms with Crippen molar-refractivity contribution >= 4 is 17.6 Å². The lowest BCUT2D eigenvalue weighted by Gasteiger charge is -2.16. The maximum atomic E-state index is 11.9. The largest absolute Gasteiger partial charge is 0.357 e. The smallest absolute Gasteiger partial charge is 0.227 e. The van der Waals surface area contributed by atoms with Gasteiger partial charge in [-0.3, -0.25) is 9.48 Å². The molecule has 32 heavy (non-hydrogen) atoms. The van der Waals surface area contributed by atoms with Gasteiger partial charge in [-0.15, -0.1) is 0 Å². The van der Waals surface area contributed by atoms with Crippen LogP contribution in [0.15, 0.2) is 72.0 Å². The molecule has 2 N–H and O–H groups in total. The summed E-state index contributed by atoms with van der Waals surface area (Å²) in [6, 6.07) is 18.4. The van der Waals surface area contributed by atoms with Crippen molar-refractivity contribution in [2.24, 2.45) is 4.99 Å². The molecule has 4 rings (SSSR count). The lowest BCUT2D eigenvalue weighted by Crippen LogP contribution is -2.37. The molecule has 0 atom stereocenters. The first-order valence-corrected chi connectivity index (χ1v) is 11.2. The van der Waals surface area contributed by atoms with Gasteiger partial charge in [0.05, 0.1) is 13.1 Å². The molecule has 0 bridgehead atoms. The summed E-state index contributed by atoms with van der Waals surface area (Å²) in [7, 11) is 0. The fourth-order valence-corrected chi connectivity index (χ4v) is 3.85. The molecule has 166 valence electrons. The Kier molecular flexibility index (Phi) is 7.17. The number of aliphatic imine (C=N–C) groups is 1. The van der Waals surface area contributed by atoms with Gasteiger partial charge in [0.1, 0.15) is 0 Å². The van der Waals surface area contributed by atoms with Gasteiger partial charge in [0.2, 0.25) is 5.91 Å². The van der Waals surface area contributed by atoms with Crippen LogP contribution in [0.1, 0.15) is 36.5 Å². The molecule has 3 aromatic rings. The van der Waals surface area contributed by atoms with Crippen LogP contribution in [0.5, 0.6) is 0 Å². The van der Waals surface area contributed by atoms with Crippen molar-refractivity contribution in [3.8, 4) is 0 Å². The molecule has 1 amide bonds. The number of amides is 1. The quantitative estimate of drug-likeness (QED) is 0.425. The van der Waals surface area contributed by atoms with Gasteiger partial charge in [-0.1, -0.05) is 36.4 Å². The molecule has 1 saturated heterocycles. The van der Waals surface area contributed by atoms with Gasteiger partial charge in [0.25, 0.3) is 0 Å². The van der Waals surface area contributed by atoms with Crippen LogP contribution in [0, 0.1) is 0 Å². The number of hydrogen-bond acceptors (Lipinski definition) is 3. The van der Waals surface area contributed by atoms with E-state index in [1.165, 1.54) is 11.1 Å². The number of hydrogen-bond donors (Lipinski definition) is 2. The van der Waals surface area contributed by atoms with Crippen LogP contribution in [-0.2, 0) is 24.4 Å². The molecule has 1 fully saturated rings. The Labute approximate surface area is 189 Å². The zero-order valence-electron chi connectivity index (χ0n) is 18.5. The molecule has 1 aliphatic heterocycles. The average molecular weight is 431 g/mol. The third-order valence-electron chi connectivity index (χ3n) is 5.54. The molecule has 0 spiro atoms. The fraction of sp³-hybridized carbons (Fsp3) is 0.320. The molecule has 2 heterocycles. The molecule has 7 nitrogen and oxygen atoms in total. The van der Waals surface area contributed by atoms with Crippen LogP contribution in [0.3, 0.4) is 0 Å². The molecule has 1 aliphatic rings. The van der Waals surface area contributed by atoms with Crippen LogP contribution in [0.4, 0.5) is 5.69 Å². The predicted molar refractivity (Wildman–Crippen MR) is 127 cm³/mol. The zero-order chi connectivity index (χ0) is 22.2. The summed E-state index contributed by atoms with van der Waals surface area (Å²) in [6.45, 7) is 5.65. The summed E-state index contributed by atoms with van der Waals surface area (Å²) in [6.07, 6.45) is 5.36. The summed E-state index contributed by atoms with van der Waals surface area (Å²) < 4.78 is 1.93. The molecule has 7 heteroatoms. The molecule has 0 unspecified atom stereocenters. The van der Waals surface area contributed by atoms with Crippen molar-refractivity contribution in [3.63, 3.8) is 0 Å². The number of nitrogens with zero attached hydrogens (tertiary/aromatic N) is 4. The number of benzene rings is 2. The van der Waals surface area contributed by atoms with E-state index in [1.54, 1.807) is 6.20 Å². The molecule has 1 aromatic heterocycles. The minimum Gasteiger partial charge on any atom is -0.357 e. The lowest BCUT2D eigenvalue weighted by atomic mass is 10.1. The average Bonchev–Trinajstić information content (AvgIpc) is 3.49. The maximum Gasteiger partial charge on any atom is 0.227 e. The van der Waals surface area contributed by atoms with Gasteiger partial charge in [-0.05, 0) is 48.2 Å². The number of guanidine groups is 1. The van der Waals surface area contributed by atoms with Crippen LogP contribution in [-0.4, -0.2) is 34.7 Å². The van der Waals surface area contributed by atoms with Crippen molar-refractivity contribution in [1.82, 2.24) is 20.4 Å². The third kappa shape index (κ3) is 5.55. The highest BCUT2D eigenvalue weighted by Crippen LogP contribution is 2.21. The monoisotopic (exact) mass is 430 g/mol. The van der Waals surface area contributed by atoms with E-state index in [0.29, 0.717) is 19.5 Å². The second-order valence-corrected chi connectivity index (χ2v) is 7.84. The second-order valence-electron chi connectivity index (χ2n) is 7.84. The second kappa shape index (κ2) is 10.6. The number of carbonyl (C=O) groups is 1. The maximum absolute atomic E-state index is 11.9. The Balaban J connectivity index is 1.38. The van der Waals surface area contributed by atoms with Gasteiger partial charge in [-0.25, -0.2) is 4.99 Å². The first kappa shape index (κ1) is 21.6. The Morgan fingerprint density at radius 1 is 1.06 bits per heavy atom. The summed E-state index contributed by atoms with van der Waals surface area (Å²) in [5.41, 5.74) is 4.52. The van der Waals surface area contributed by atoms with Gasteiger partial charge < -0.3 is 15.5 Å². The first-order chi connectivity index (χ1) is 15.7. The summed E-state index contributed by atoms with van der Waals surface area (Å²) >= 11 is 0. The van der Waals surface area contributed by atoms with Gasteiger partial charge in [-0.2, -0.15) is 5.10 Å². The number of aromatic nitrogens is 2. The van der Waals surface area contributed by atoms with Crippen LogP contribution >= 0.6 is 0 Å². The minimum absolute atomic E-state index is 0.210. The molecule has 0 radical (unpaired) electrons. The zero-order valence-corrected chi connectivity index (χ0v) is 18.5. The molecular weight excluding hydrogens is 400 g/mol.